The van der Waals surface area contributed by atoms with Crippen LogP contribution in [0.25, 0.3) is 0 Å². The molecule has 1 fully saturated rings. The van der Waals surface area contributed by atoms with Crippen molar-refractivity contribution in [1.29, 1.82) is 0 Å². The molecular formula is C14H21ClN2. The van der Waals surface area contributed by atoms with E-state index in [2.05, 4.69) is 29.4 Å². The number of hydrogen-bond donors (Lipinski definition) is 1. The highest BCUT2D eigenvalue weighted by atomic mass is 35.5. The Morgan fingerprint density at radius 1 is 1.41 bits per heavy atom. The third-order valence-electron chi connectivity index (χ3n) is 3.73. The lowest BCUT2D eigenvalue weighted by Gasteiger charge is -2.43. The molecule has 0 heterocycles. The molecule has 0 aromatic heterocycles. The molecule has 1 aliphatic rings. The van der Waals surface area contributed by atoms with Gasteiger partial charge >= 0.3 is 0 Å². The van der Waals surface area contributed by atoms with Crippen molar-refractivity contribution in [2.45, 2.75) is 25.4 Å². The van der Waals surface area contributed by atoms with Crippen molar-refractivity contribution in [3.8, 4) is 0 Å². The number of nitrogens with one attached hydrogen (secondary N) is 1. The molecule has 3 heteroatoms. The minimum Gasteiger partial charge on any atom is -0.319 e. The number of hydrogen-bond acceptors (Lipinski definition) is 2. The maximum absolute atomic E-state index is 6.01. The Kier molecular flexibility index (Phi) is 4.43. The van der Waals surface area contributed by atoms with Crippen molar-refractivity contribution in [2.24, 2.45) is 5.92 Å². The normalized spacial score (nSPS) is 23.8. The zero-order valence-corrected chi connectivity index (χ0v) is 11.4. The summed E-state index contributed by atoms with van der Waals surface area (Å²) in [6.07, 6.45) is 2.68. The van der Waals surface area contributed by atoms with Gasteiger partial charge in [0.15, 0.2) is 0 Å². The van der Waals surface area contributed by atoms with Gasteiger partial charge in [0.1, 0.15) is 0 Å². The highest BCUT2D eigenvalue weighted by Crippen LogP contribution is 2.31. The van der Waals surface area contributed by atoms with E-state index in [1.807, 2.05) is 19.2 Å². The molecule has 1 N–H and O–H groups in total. The van der Waals surface area contributed by atoms with Crippen molar-refractivity contribution in [3.05, 3.63) is 34.9 Å². The van der Waals surface area contributed by atoms with Crippen molar-refractivity contribution in [2.75, 3.05) is 20.6 Å². The molecule has 0 spiro atoms. The van der Waals surface area contributed by atoms with Crippen molar-refractivity contribution in [1.82, 2.24) is 10.2 Å². The van der Waals surface area contributed by atoms with Gasteiger partial charge in [-0.1, -0.05) is 23.7 Å². The first-order chi connectivity index (χ1) is 8.20. The monoisotopic (exact) mass is 252 g/mol. The van der Waals surface area contributed by atoms with Gasteiger partial charge in [-0.3, -0.25) is 4.90 Å². The molecule has 1 saturated carbocycles. The van der Waals surface area contributed by atoms with Gasteiger partial charge in [-0.15, -0.1) is 0 Å². The van der Waals surface area contributed by atoms with E-state index < -0.39 is 0 Å². The van der Waals surface area contributed by atoms with Crippen LogP contribution >= 0.6 is 11.6 Å². The van der Waals surface area contributed by atoms with Gasteiger partial charge in [0.05, 0.1) is 0 Å². The molecule has 1 aliphatic carbocycles. The molecule has 17 heavy (non-hydrogen) atoms. The summed E-state index contributed by atoms with van der Waals surface area (Å²) in [7, 11) is 4.25. The summed E-state index contributed by atoms with van der Waals surface area (Å²) in [4.78, 5) is 2.46. The van der Waals surface area contributed by atoms with E-state index in [1.165, 1.54) is 18.4 Å². The van der Waals surface area contributed by atoms with Crippen LogP contribution in [-0.2, 0) is 6.54 Å². The SMILES string of the molecule is CNCC1CCC1N(C)Cc1cccc(Cl)c1. The number of rotatable bonds is 5. The Balaban J connectivity index is 1.90. The molecule has 2 unspecified atom stereocenters. The molecule has 0 bridgehead atoms. The number of benzene rings is 1. The van der Waals surface area contributed by atoms with E-state index in [0.29, 0.717) is 0 Å². The number of halogens is 1. The standard InChI is InChI=1S/C14H21ClN2/c1-16-9-12-6-7-14(12)17(2)10-11-4-3-5-13(15)8-11/h3-5,8,12,14,16H,6-7,9-10H2,1-2H3. The van der Waals surface area contributed by atoms with Crippen LogP contribution < -0.4 is 5.32 Å². The average Bonchev–Trinajstić information content (AvgIpc) is 2.24. The molecule has 94 valence electrons. The second kappa shape index (κ2) is 5.85. The van der Waals surface area contributed by atoms with Crippen LogP contribution in [0, 0.1) is 5.92 Å². The summed E-state index contributed by atoms with van der Waals surface area (Å²) in [6.45, 7) is 2.12. The van der Waals surface area contributed by atoms with Gasteiger partial charge in [0.2, 0.25) is 0 Å². The fourth-order valence-corrected chi connectivity index (χ4v) is 2.89. The maximum Gasteiger partial charge on any atom is 0.0409 e. The summed E-state index contributed by atoms with van der Waals surface area (Å²) < 4.78 is 0. The summed E-state index contributed by atoms with van der Waals surface area (Å²) in [5.41, 5.74) is 1.30. The van der Waals surface area contributed by atoms with Crippen molar-refractivity contribution >= 4 is 11.6 Å². The van der Waals surface area contributed by atoms with Crippen molar-refractivity contribution in [3.63, 3.8) is 0 Å². The summed E-state index contributed by atoms with van der Waals surface area (Å²) >= 11 is 6.01. The van der Waals surface area contributed by atoms with E-state index in [-0.39, 0.29) is 0 Å². The van der Waals surface area contributed by atoms with Gasteiger partial charge in [-0.25, -0.2) is 0 Å². The van der Waals surface area contributed by atoms with Crippen molar-refractivity contribution < 1.29 is 0 Å². The van der Waals surface area contributed by atoms with Crippen LogP contribution in [0.15, 0.2) is 24.3 Å². The van der Waals surface area contributed by atoms with E-state index in [0.717, 1.165) is 30.1 Å². The second-order valence-electron chi connectivity index (χ2n) is 5.01. The summed E-state index contributed by atoms with van der Waals surface area (Å²) in [5.74, 6) is 0.809. The molecule has 2 nitrogen and oxygen atoms in total. The predicted octanol–water partition coefficient (Wildman–Crippen LogP) is 2.77. The molecule has 0 radical (unpaired) electrons. The first-order valence-electron chi connectivity index (χ1n) is 6.30. The smallest absolute Gasteiger partial charge is 0.0409 e. The van der Waals surface area contributed by atoms with Gasteiger partial charge in [-0.2, -0.15) is 0 Å². The molecule has 2 rings (SSSR count). The second-order valence-corrected chi connectivity index (χ2v) is 5.44. The summed E-state index contributed by atoms with van der Waals surface area (Å²) in [6, 6.07) is 8.88. The first kappa shape index (κ1) is 12.9. The third-order valence-corrected chi connectivity index (χ3v) is 3.97. The highest BCUT2D eigenvalue weighted by Gasteiger charge is 2.32. The van der Waals surface area contributed by atoms with Gasteiger partial charge in [0.25, 0.3) is 0 Å². The largest absolute Gasteiger partial charge is 0.319 e. The first-order valence-corrected chi connectivity index (χ1v) is 6.68. The van der Waals surface area contributed by atoms with E-state index in [9.17, 15) is 0 Å². The third kappa shape index (κ3) is 3.21. The van der Waals surface area contributed by atoms with Crippen LogP contribution in [0.5, 0.6) is 0 Å². The average molecular weight is 253 g/mol. The minimum absolute atomic E-state index is 0.724. The predicted molar refractivity (Wildman–Crippen MR) is 73.4 cm³/mol. The molecule has 0 amide bonds. The number of nitrogens with zero attached hydrogens (tertiary/aromatic N) is 1. The Morgan fingerprint density at radius 2 is 2.24 bits per heavy atom. The van der Waals surface area contributed by atoms with Crippen LogP contribution in [0.1, 0.15) is 18.4 Å². The minimum atomic E-state index is 0.724. The quantitative estimate of drug-likeness (QED) is 0.867. The fraction of sp³-hybridized carbons (Fsp3) is 0.571. The fourth-order valence-electron chi connectivity index (χ4n) is 2.67. The molecule has 2 atom stereocenters. The zero-order chi connectivity index (χ0) is 12.3. The van der Waals surface area contributed by atoms with Crippen LogP contribution in [0.3, 0.4) is 0 Å². The Morgan fingerprint density at radius 3 is 2.82 bits per heavy atom. The lowest BCUT2D eigenvalue weighted by atomic mass is 9.78. The van der Waals surface area contributed by atoms with Gasteiger partial charge < -0.3 is 5.32 Å². The van der Waals surface area contributed by atoms with Crippen LogP contribution in [0.2, 0.25) is 5.02 Å². The van der Waals surface area contributed by atoms with Gasteiger partial charge in [0, 0.05) is 17.6 Å². The highest BCUT2D eigenvalue weighted by molar-refractivity contribution is 6.30. The summed E-state index contributed by atoms with van der Waals surface area (Å²) in [5, 5.41) is 4.11. The molecule has 0 aliphatic heterocycles. The topological polar surface area (TPSA) is 15.3 Å². The Bertz CT molecular complexity index is 367. The van der Waals surface area contributed by atoms with Crippen LogP contribution in [0.4, 0.5) is 0 Å². The Labute approximate surface area is 109 Å². The van der Waals surface area contributed by atoms with E-state index >= 15 is 0 Å². The molecule has 1 aromatic carbocycles. The molecule has 0 saturated heterocycles. The van der Waals surface area contributed by atoms with E-state index in [1.54, 1.807) is 0 Å². The molecular weight excluding hydrogens is 232 g/mol. The van der Waals surface area contributed by atoms with E-state index in [4.69, 9.17) is 11.6 Å². The molecule has 1 aromatic rings. The lowest BCUT2D eigenvalue weighted by Crippen LogP contribution is -2.48. The zero-order valence-electron chi connectivity index (χ0n) is 10.6. The maximum atomic E-state index is 6.01. The van der Waals surface area contributed by atoms with Crippen LogP contribution in [-0.4, -0.2) is 31.6 Å². The van der Waals surface area contributed by atoms with Gasteiger partial charge in [-0.05, 0) is 57.1 Å². The Hall–Kier alpha value is -0.570. The lowest BCUT2D eigenvalue weighted by molar-refractivity contribution is 0.0793.